The van der Waals surface area contributed by atoms with Gasteiger partial charge in [-0.25, -0.2) is 4.98 Å². The molecule has 0 bridgehead atoms. The third-order valence-electron chi connectivity index (χ3n) is 1.66. The van der Waals surface area contributed by atoms with Crippen LogP contribution in [-0.4, -0.2) is 17.5 Å². The average molecular weight is 243 g/mol. The van der Waals surface area contributed by atoms with E-state index < -0.39 is 0 Å². The average Bonchev–Trinajstić information content (AvgIpc) is 2.25. The molecular weight excluding hydrogens is 236 g/mol. The summed E-state index contributed by atoms with van der Waals surface area (Å²) in [5, 5.41) is 2.71. The summed E-state index contributed by atoms with van der Waals surface area (Å²) >= 11 is 3.27. The van der Waals surface area contributed by atoms with E-state index in [1.54, 1.807) is 12.3 Å². The van der Waals surface area contributed by atoms with Crippen molar-refractivity contribution in [3.8, 4) is 5.88 Å². The highest BCUT2D eigenvalue weighted by Crippen LogP contribution is 2.26. The van der Waals surface area contributed by atoms with E-state index in [2.05, 4.69) is 26.2 Å². The van der Waals surface area contributed by atoms with Crippen molar-refractivity contribution in [2.75, 3.05) is 11.9 Å². The summed E-state index contributed by atoms with van der Waals surface area (Å²) in [7, 11) is 0. The van der Waals surface area contributed by atoms with Crippen LogP contribution in [0.1, 0.15) is 6.42 Å². The van der Waals surface area contributed by atoms with Crippen LogP contribution < -0.4 is 10.1 Å². The molecule has 1 aliphatic heterocycles. The first-order chi connectivity index (χ1) is 6.25. The molecule has 2 rings (SSSR count). The number of aromatic nitrogens is 1. The predicted octanol–water partition coefficient (Wildman–Crippen LogP) is 1.57. The second-order valence-corrected chi connectivity index (χ2v) is 3.57. The van der Waals surface area contributed by atoms with E-state index in [9.17, 15) is 4.79 Å². The lowest BCUT2D eigenvalue weighted by Gasteiger charge is -2.04. The van der Waals surface area contributed by atoms with Gasteiger partial charge in [0, 0.05) is 10.7 Å². The number of ether oxygens (including phenoxy) is 1. The van der Waals surface area contributed by atoms with Crippen molar-refractivity contribution in [2.24, 2.45) is 0 Å². The summed E-state index contributed by atoms with van der Waals surface area (Å²) in [5.41, 5.74) is 0.622. The Morgan fingerprint density at radius 1 is 1.62 bits per heavy atom. The van der Waals surface area contributed by atoms with E-state index in [4.69, 9.17) is 4.74 Å². The van der Waals surface area contributed by atoms with Gasteiger partial charge in [-0.2, -0.15) is 0 Å². The lowest BCUT2D eigenvalue weighted by Crippen LogP contribution is -2.10. The highest BCUT2D eigenvalue weighted by atomic mass is 79.9. The quantitative estimate of drug-likeness (QED) is 0.752. The van der Waals surface area contributed by atoms with Gasteiger partial charge in [0.2, 0.25) is 11.8 Å². The van der Waals surface area contributed by atoms with Gasteiger partial charge >= 0.3 is 0 Å². The van der Waals surface area contributed by atoms with Crippen molar-refractivity contribution in [3.63, 3.8) is 0 Å². The van der Waals surface area contributed by atoms with Crippen LogP contribution in [0, 0.1) is 0 Å². The maximum Gasteiger partial charge on any atom is 0.237 e. The Kier molecular flexibility index (Phi) is 2.18. The predicted molar refractivity (Wildman–Crippen MR) is 50.7 cm³/mol. The van der Waals surface area contributed by atoms with Crippen LogP contribution in [0.25, 0.3) is 0 Å². The van der Waals surface area contributed by atoms with Gasteiger partial charge in [0.1, 0.15) is 5.69 Å². The Morgan fingerprint density at radius 2 is 2.46 bits per heavy atom. The first kappa shape index (κ1) is 8.50. The summed E-state index contributed by atoms with van der Waals surface area (Å²) in [4.78, 5) is 15.2. The lowest BCUT2D eigenvalue weighted by molar-refractivity contribution is -0.116. The van der Waals surface area contributed by atoms with Gasteiger partial charge in [-0.1, -0.05) is 0 Å². The number of halogens is 1. The molecule has 1 amide bonds. The number of rotatable bonds is 0. The molecule has 1 aliphatic rings. The van der Waals surface area contributed by atoms with Crippen molar-refractivity contribution in [3.05, 3.63) is 16.7 Å². The molecule has 0 atom stereocenters. The molecule has 1 aromatic heterocycles. The Hall–Kier alpha value is -1.10. The summed E-state index contributed by atoms with van der Waals surface area (Å²) in [6, 6.07) is 1.77. The molecule has 0 saturated heterocycles. The molecule has 1 aromatic rings. The van der Waals surface area contributed by atoms with Crippen LogP contribution in [0.4, 0.5) is 5.69 Å². The fourth-order valence-electron chi connectivity index (χ4n) is 1.08. The number of nitrogens with one attached hydrogen (secondary N) is 1. The molecule has 5 heteroatoms. The van der Waals surface area contributed by atoms with Crippen molar-refractivity contribution >= 4 is 27.5 Å². The molecule has 0 spiro atoms. The monoisotopic (exact) mass is 242 g/mol. The smallest absolute Gasteiger partial charge is 0.237 e. The van der Waals surface area contributed by atoms with E-state index in [-0.39, 0.29) is 5.91 Å². The van der Waals surface area contributed by atoms with Gasteiger partial charge in [-0.3, -0.25) is 4.79 Å². The summed E-state index contributed by atoms with van der Waals surface area (Å²) < 4.78 is 6.08. The number of anilines is 1. The molecular formula is C8H7BrN2O2. The Bertz CT molecular complexity index is 354. The standard InChI is InChI=1S/C8H7BrN2O2/c9-5-3-6-8(10-4-5)13-2-1-7(12)11-6/h3-4H,1-2H2,(H,11,12). The molecule has 68 valence electrons. The van der Waals surface area contributed by atoms with Crippen molar-refractivity contribution < 1.29 is 9.53 Å². The van der Waals surface area contributed by atoms with E-state index in [0.717, 1.165) is 4.47 Å². The zero-order chi connectivity index (χ0) is 9.26. The van der Waals surface area contributed by atoms with Gasteiger partial charge < -0.3 is 10.1 Å². The maximum atomic E-state index is 11.1. The van der Waals surface area contributed by atoms with Gasteiger partial charge in [0.05, 0.1) is 13.0 Å². The van der Waals surface area contributed by atoms with Crippen LogP contribution in [-0.2, 0) is 4.79 Å². The third-order valence-corrected chi connectivity index (χ3v) is 2.09. The molecule has 4 nitrogen and oxygen atoms in total. The minimum absolute atomic E-state index is 0.0429. The Labute approximate surface area is 83.4 Å². The van der Waals surface area contributed by atoms with E-state index in [1.165, 1.54) is 0 Å². The van der Waals surface area contributed by atoms with Crippen molar-refractivity contribution in [1.82, 2.24) is 4.98 Å². The van der Waals surface area contributed by atoms with Crippen LogP contribution in [0.5, 0.6) is 5.88 Å². The van der Waals surface area contributed by atoms with E-state index in [1.807, 2.05) is 0 Å². The zero-order valence-corrected chi connectivity index (χ0v) is 8.30. The van der Waals surface area contributed by atoms with Crippen LogP contribution in [0.3, 0.4) is 0 Å². The highest BCUT2D eigenvalue weighted by Gasteiger charge is 2.14. The Morgan fingerprint density at radius 3 is 3.31 bits per heavy atom. The highest BCUT2D eigenvalue weighted by molar-refractivity contribution is 9.10. The van der Waals surface area contributed by atoms with E-state index in [0.29, 0.717) is 24.6 Å². The molecule has 0 fully saturated rings. The zero-order valence-electron chi connectivity index (χ0n) is 6.71. The van der Waals surface area contributed by atoms with Crippen molar-refractivity contribution in [2.45, 2.75) is 6.42 Å². The number of carbonyl (C=O) groups is 1. The maximum absolute atomic E-state index is 11.1. The molecule has 0 saturated carbocycles. The number of hydrogen-bond acceptors (Lipinski definition) is 3. The summed E-state index contributed by atoms with van der Waals surface area (Å²) in [5.74, 6) is 0.438. The molecule has 0 aliphatic carbocycles. The molecule has 0 unspecified atom stereocenters. The van der Waals surface area contributed by atoms with E-state index >= 15 is 0 Å². The molecule has 0 aromatic carbocycles. The normalized spacial score (nSPS) is 15.3. The number of nitrogens with zero attached hydrogens (tertiary/aromatic N) is 1. The third kappa shape index (κ3) is 1.80. The van der Waals surface area contributed by atoms with Gasteiger partial charge in [-0.05, 0) is 22.0 Å². The summed E-state index contributed by atoms with van der Waals surface area (Å²) in [6.45, 7) is 0.382. The minimum Gasteiger partial charge on any atom is -0.476 e. The van der Waals surface area contributed by atoms with Crippen LogP contribution in [0.2, 0.25) is 0 Å². The number of pyridine rings is 1. The number of fused-ring (bicyclic) bond motifs is 1. The van der Waals surface area contributed by atoms with Gasteiger partial charge in [-0.15, -0.1) is 0 Å². The van der Waals surface area contributed by atoms with Crippen LogP contribution >= 0.6 is 15.9 Å². The van der Waals surface area contributed by atoms with Gasteiger partial charge in [0.15, 0.2) is 0 Å². The van der Waals surface area contributed by atoms with Gasteiger partial charge in [0.25, 0.3) is 0 Å². The minimum atomic E-state index is -0.0429. The summed E-state index contributed by atoms with van der Waals surface area (Å²) in [6.07, 6.45) is 2.00. The molecule has 1 N–H and O–H groups in total. The topological polar surface area (TPSA) is 51.2 Å². The SMILES string of the molecule is O=C1CCOc2ncc(Br)cc2N1. The van der Waals surface area contributed by atoms with Crippen molar-refractivity contribution in [1.29, 1.82) is 0 Å². The molecule has 2 heterocycles. The number of hydrogen-bond donors (Lipinski definition) is 1. The molecule has 13 heavy (non-hydrogen) atoms. The van der Waals surface area contributed by atoms with Crippen LogP contribution in [0.15, 0.2) is 16.7 Å². The fourth-order valence-corrected chi connectivity index (χ4v) is 1.42. The number of amides is 1. The Balaban J connectivity index is 2.40. The lowest BCUT2D eigenvalue weighted by atomic mass is 10.4. The fraction of sp³-hybridized carbons (Fsp3) is 0.250. The first-order valence-electron chi connectivity index (χ1n) is 3.84. The number of carbonyl (C=O) groups excluding carboxylic acids is 1. The molecule has 0 radical (unpaired) electrons. The second-order valence-electron chi connectivity index (χ2n) is 2.65. The first-order valence-corrected chi connectivity index (χ1v) is 4.63. The largest absolute Gasteiger partial charge is 0.476 e. The second kappa shape index (κ2) is 3.33.